The summed E-state index contributed by atoms with van der Waals surface area (Å²) < 4.78 is 12.5. The molecule has 1 aromatic heterocycles. The zero-order valence-corrected chi connectivity index (χ0v) is 20.3. The standard InChI is InChI=1S/C26H26N4O3S/c1-17-5-9-19(10-6-17)25-28-29-26(30(25)21-12-7-18(2)8-13-21)34-16-24(31)27-20-11-14-22(32-3)23(15-20)33-4/h5-15H,16H2,1-4H3,(H,27,31). The minimum Gasteiger partial charge on any atom is -0.493 e. The molecule has 0 spiro atoms. The lowest BCUT2D eigenvalue weighted by molar-refractivity contribution is -0.113. The molecule has 4 rings (SSSR count). The summed E-state index contributed by atoms with van der Waals surface area (Å²) in [7, 11) is 3.13. The Kier molecular flexibility index (Phi) is 7.18. The first kappa shape index (κ1) is 23.4. The number of nitrogens with zero attached hydrogens (tertiary/aromatic N) is 3. The Morgan fingerprint density at radius 1 is 0.882 bits per heavy atom. The van der Waals surface area contributed by atoms with Crippen LogP contribution in [-0.2, 0) is 4.79 Å². The van der Waals surface area contributed by atoms with Gasteiger partial charge in [0.1, 0.15) is 0 Å². The van der Waals surface area contributed by atoms with Gasteiger partial charge in [-0.25, -0.2) is 0 Å². The third-order valence-electron chi connectivity index (χ3n) is 5.23. The van der Waals surface area contributed by atoms with Crippen molar-refractivity contribution in [3.8, 4) is 28.6 Å². The number of amides is 1. The van der Waals surface area contributed by atoms with Gasteiger partial charge in [0.05, 0.1) is 20.0 Å². The number of benzene rings is 3. The molecule has 0 radical (unpaired) electrons. The van der Waals surface area contributed by atoms with Crippen molar-refractivity contribution < 1.29 is 14.3 Å². The van der Waals surface area contributed by atoms with E-state index in [1.807, 2.05) is 66.9 Å². The van der Waals surface area contributed by atoms with Crippen LogP contribution in [0.15, 0.2) is 71.9 Å². The highest BCUT2D eigenvalue weighted by Gasteiger charge is 2.17. The zero-order chi connectivity index (χ0) is 24.1. The smallest absolute Gasteiger partial charge is 0.234 e. The number of hydrogen-bond acceptors (Lipinski definition) is 6. The summed E-state index contributed by atoms with van der Waals surface area (Å²) in [6.45, 7) is 4.10. The van der Waals surface area contributed by atoms with Gasteiger partial charge in [0, 0.05) is 23.0 Å². The summed E-state index contributed by atoms with van der Waals surface area (Å²) in [5.41, 5.74) is 4.86. The third kappa shape index (κ3) is 5.23. The Bertz CT molecular complexity index is 1280. The fraction of sp³-hybridized carbons (Fsp3) is 0.192. The average Bonchev–Trinajstić information content (AvgIpc) is 3.27. The SMILES string of the molecule is COc1ccc(NC(=O)CSc2nnc(-c3ccc(C)cc3)n2-c2ccc(C)cc2)cc1OC. The molecule has 3 aromatic carbocycles. The number of aromatic nitrogens is 3. The van der Waals surface area contributed by atoms with E-state index >= 15 is 0 Å². The summed E-state index contributed by atoms with van der Waals surface area (Å²) in [6.07, 6.45) is 0. The highest BCUT2D eigenvalue weighted by atomic mass is 32.2. The highest BCUT2D eigenvalue weighted by molar-refractivity contribution is 7.99. The summed E-state index contributed by atoms with van der Waals surface area (Å²) in [5, 5.41) is 12.4. The molecule has 174 valence electrons. The molecule has 1 heterocycles. The number of carbonyl (C=O) groups is 1. The Hall–Kier alpha value is -3.78. The van der Waals surface area contributed by atoms with E-state index in [1.165, 1.54) is 17.3 Å². The topological polar surface area (TPSA) is 78.3 Å². The van der Waals surface area contributed by atoms with Gasteiger partial charge in [-0.05, 0) is 38.1 Å². The van der Waals surface area contributed by atoms with Gasteiger partial charge >= 0.3 is 0 Å². The van der Waals surface area contributed by atoms with Gasteiger partial charge in [0.2, 0.25) is 5.91 Å². The van der Waals surface area contributed by atoms with Gasteiger partial charge in [-0.15, -0.1) is 10.2 Å². The average molecular weight is 475 g/mol. The molecule has 0 bridgehead atoms. The molecular formula is C26H26N4O3S. The molecule has 34 heavy (non-hydrogen) atoms. The summed E-state index contributed by atoms with van der Waals surface area (Å²) >= 11 is 1.33. The van der Waals surface area contributed by atoms with Crippen molar-refractivity contribution in [3.63, 3.8) is 0 Å². The first-order chi connectivity index (χ1) is 16.5. The maximum atomic E-state index is 12.7. The van der Waals surface area contributed by atoms with E-state index < -0.39 is 0 Å². The van der Waals surface area contributed by atoms with E-state index in [0.29, 0.717) is 22.3 Å². The van der Waals surface area contributed by atoms with Gasteiger partial charge in [-0.2, -0.15) is 0 Å². The van der Waals surface area contributed by atoms with Crippen molar-refractivity contribution in [2.75, 3.05) is 25.3 Å². The van der Waals surface area contributed by atoms with Crippen molar-refractivity contribution in [1.29, 1.82) is 0 Å². The molecule has 0 aliphatic carbocycles. The van der Waals surface area contributed by atoms with Crippen LogP contribution in [0, 0.1) is 13.8 Å². The van der Waals surface area contributed by atoms with Crippen LogP contribution in [0.2, 0.25) is 0 Å². The molecule has 8 heteroatoms. The van der Waals surface area contributed by atoms with Crippen LogP contribution >= 0.6 is 11.8 Å². The lowest BCUT2D eigenvalue weighted by Gasteiger charge is -2.12. The first-order valence-corrected chi connectivity index (χ1v) is 11.7. The van der Waals surface area contributed by atoms with Gasteiger partial charge in [-0.1, -0.05) is 59.3 Å². The quantitative estimate of drug-likeness (QED) is 0.349. The first-order valence-electron chi connectivity index (χ1n) is 10.7. The molecule has 0 aliphatic heterocycles. The molecule has 1 N–H and O–H groups in total. The van der Waals surface area contributed by atoms with Crippen molar-refractivity contribution >= 4 is 23.4 Å². The molecule has 7 nitrogen and oxygen atoms in total. The van der Waals surface area contributed by atoms with E-state index in [-0.39, 0.29) is 11.7 Å². The Morgan fingerprint density at radius 2 is 1.53 bits per heavy atom. The number of nitrogens with one attached hydrogen (secondary N) is 1. The number of thioether (sulfide) groups is 1. The van der Waals surface area contributed by atoms with E-state index in [9.17, 15) is 4.79 Å². The van der Waals surface area contributed by atoms with Gasteiger partial charge in [0.15, 0.2) is 22.5 Å². The van der Waals surface area contributed by atoms with Crippen LogP contribution in [-0.4, -0.2) is 40.6 Å². The van der Waals surface area contributed by atoms with Crippen LogP contribution in [0.25, 0.3) is 17.1 Å². The normalized spacial score (nSPS) is 10.7. The molecule has 0 aliphatic rings. The number of methoxy groups -OCH3 is 2. The number of rotatable bonds is 8. The van der Waals surface area contributed by atoms with E-state index in [2.05, 4.69) is 15.5 Å². The fourth-order valence-corrected chi connectivity index (χ4v) is 4.17. The molecule has 0 saturated carbocycles. The monoisotopic (exact) mass is 474 g/mol. The largest absolute Gasteiger partial charge is 0.493 e. The maximum Gasteiger partial charge on any atom is 0.234 e. The molecule has 0 fully saturated rings. The number of anilines is 1. The molecular weight excluding hydrogens is 448 g/mol. The van der Waals surface area contributed by atoms with Crippen LogP contribution in [0.3, 0.4) is 0 Å². The maximum absolute atomic E-state index is 12.7. The summed E-state index contributed by atoms with van der Waals surface area (Å²) in [6, 6.07) is 21.6. The Morgan fingerprint density at radius 3 is 2.18 bits per heavy atom. The highest BCUT2D eigenvalue weighted by Crippen LogP contribution is 2.31. The van der Waals surface area contributed by atoms with E-state index in [4.69, 9.17) is 9.47 Å². The van der Waals surface area contributed by atoms with Crippen LogP contribution in [0.5, 0.6) is 11.5 Å². The van der Waals surface area contributed by atoms with Crippen LogP contribution in [0.4, 0.5) is 5.69 Å². The zero-order valence-electron chi connectivity index (χ0n) is 19.5. The second kappa shape index (κ2) is 10.4. The predicted molar refractivity (Wildman–Crippen MR) is 135 cm³/mol. The van der Waals surface area contributed by atoms with Crippen molar-refractivity contribution in [1.82, 2.24) is 14.8 Å². The third-order valence-corrected chi connectivity index (χ3v) is 6.16. The molecule has 1 amide bonds. The Labute approximate surface area is 203 Å². The molecule has 0 unspecified atom stereocenters. The second-order valence-electron chi connectivity index (χ2n) is 7.75. The van der Waals surface area contributed by atoms with Crippen molar-refractivity contribution in [2.24, 2.45) is 0 Å². The number of hydrogen-bond donors (Lipinski definition) is 1. The van der Waals surface area contributed by atoms with Gasteiger partial charge in [0.25, 0.3) is 0 Å². The summed E-state index contributed by atoms with van der Waals surface area (Å²) in [5.74, 6) is 1.89. The fourth-order valence-electron chi connectivity index (χ4n) is 3.42. The van der Waals surface area contributed by atoms with Crippen LogP contribution < -0.4 is 14.8 Å². The second-order valence-corrected chi connectivity index (χ2v) is 8.69. The Balaban J connectivity index is 1.56. The van der Waals surface area contributed by atoms with Crippen LogP contribution in [0.1, 0.15) is 11.1 Å². The predicted octanol–water partition coefficient (Wildman–Crippen LogP) is 5.30. The van der Waals surface area contributed by atoms with Crippen molar-refractivity contribution in [3.05, 3.63) is 77.9 Å². The molecule has 0 saturated heterocycles. The number of aryl methyl sites for hydroxylation is 2. The molecule has 4 aromatic rings. The van der Waals surface area contributed by atoms with Gasteiger partial charge < -0.3 is 14.8 Å². The molecule has 0 atom stereocenters. The minimum atomic E-state index is -0.160. The number of ether oxygens (including phenoxy) is 2. The number of carbonyl (C=O) groups excluding carboxylic acids is 1. The summed E-state index contributed by atoms with van der Waals surface area (Å²) in [4.78, 5) is 12.7. The van der Waals surface area contributed by atoms with E-state index in [0.717, 1.165) is 22.6 Å². The lowest BCUT2D eigenvalue weighted by Crippen LogP contribution is -2.14. The van der Waals surface area contributed by atoms with Gasteiger partial charge in [-0.3, -0.25) is 9.36 Å². The van der Waals surface area contributed by atoms with E-state index in [1.54, 1.807) is 32.4 Å². The van der Waals surface area contributed by atoms with Crippen molar-refractivity contribution in [2.45, 2.75) is 19.0 Å². The minimum absolute atomic E-state index is 0.160. The lowest BCUT2D eigenvalue weighted by atomic mass is 10.1.